The molecule has 0 bridgehead atoms. The smallest absolute Gasteiger partial charge is 0.294 e. The third kappa shape index (κ3) is 5.07. The van der Waals surface area contributed by atoms with Crippen molar-refractivity contribution in [3.05, 3.63) is 88.0 Å². The predicted molar refractivity (Wildman–Crippen MR) is 110 cm³/mol. The molecule has 3 aromatic rings. The van der Waals surface area contributed by atoms with Crippen molar-refractivity contribution in [2.45, 2.75) is 12.3 Å². The van der Waals surface area contributed by atoms with E-state index in [1.807, 2.05) is 0 Å². The molecule has 11 heteroatoms. The number of carbonyl (C=O) groups is 1. The Morgan fingerprint density at radius 1 is 1.17 bits per heavy atom. The molecule has 1 heterocycles. The first-order valence-corrected chi connectivity index (χ1v) is 10.5. The number of nitro benzene ring substituents is 1. The maximum absolute atomic E-state index is 12.4. The monoisotopic (exact) mass is 429 g/mol. The summed E-state index contributed by atoms with van der Waals surface area (Å²) in [5.74, 6) is -0.597. The van der Waals surface area contributed by atoms with Crippen LogP contribution < -0.4 is 10.0 Å². The second kappa shape index (κ2) is 8.84. The van der Waals surface area contributed by atoms with Gasteiger partial charge < -0.3 is 9.88 Å². The van der Waals surface area contributed by atoms with Gasteiger partial charge in [0.05, 0.1) is 17.0 Å². The summed E-state index contributed by atoms with van der Waals surface area (Å²) in [7, 11) is -2.01. The first-order valence-electron chi connectivity index (χ1n) is 8.83. The normalized spacial score (nSPS) is 11.2. The molecule has 10 nitrogen and oxygen atoms in total. The van der Waals surface area contributed by atoms with Crippen LogP contribution in [-0.4, -0.2) is 35.8 Å². The van der Waals surface area contributed by atoms with Gasteiger partial charge >= 0.3 is 0 Å². The SMILES string of the molecule is CNS(=O)(=O)Cc1ccc(CNC(=O)c2ccc(-n3ccnc3)c([N+](=O)[O-])c2)cc1. The molecule has 1 amide bonds. The third-order valence-corrected chi connectivity index (χ3v) is 5.70. The van der Waals surface area contributed by atoms with Crippen LogP contribution >= 0.6 is 0 Å². The molecule has 0 atom stereocenters. The summed E-state index contributed by atoms with van der Waals surface area (Å²) in [5, 5.41) is 14.1. The third-order valence-electron chi connectivity index (χ3n) is 4.36. The largest absolute Gasteiger partial charge is 0.348 e. The zero-order chi connectivity index (χ0) is 21.7. The number of aromatic nitrogens is 2. The Kier molecular flexibility index (Phi) is 6.23. The van der Waals surface area contributed by atoms with Gasteiger partial charge in [-0.3, -0.25) is 14.9 Å². The van der Waals surface area contributed by atoms with E-state index in [4.69, 9.17) is 0 Å². The van der Waals surface area contributed by atoms with Gasteiger partial charge in [0.15, 0.2) is 0 Å². The van der Waals surface area contributed by atoms with Gasteiger partial charge in [0, 0.05) is 30.6 Å². The van der Waals surface area contributed by atoms with E-state index >= 15 is 0 Å². The molecule has 0 radical (unpaired) electrons. The summed E-state index contributed by atoms with van der Waals surface area (Å²) in [4.78, 5) is 27.2. The highest BCUT2D eigenvalue weighted by Gasteiger charge is 2.18. The number of carbonyl (C=O) groups excluding carboxylic acids is 1. The molecule has 1 aromatic heterocycles. The molecule has 0 unspecified atom stereocenters. The van der Waals surface area contributed by atoms with E-state index in [-0.39, 0.29) is 23.5 Å². The molecule has 2 N–H and O–H groups in total. The number of amides is 1. The number of benzene rings is 2. The summed E-state index contributed by atoms with van der Waals surface area (Å²) >= 11 is 0. The Bertz CT molecular complexity index is 1160. The molecule has 0 aliphatic rings. The molecule has 156 valence electrons. The Morgan fingerprint density at radius 3 is 2.47 bits per heavy atom. The van der Waals surface area contributed by atoms with Gasteiger partial charge in [0.25, 0.3) is 11.6 Å². The van der Waals surface area contributed by atoms with Crippen LogP contribution in [0.25, 0.3) is 5.69 Å². The quantitative estimate of drug-likeness (QED) is 0.414. The van der Waals surface area contributed by atoms with Gasteiger partial charge in [0.2, 0.25) is 10.0 Å². The van der Waals surface area contributed by atoms with Crippen LogP contribution in [0.15, 0.2) is 61.2 Å². The first kappa shape index (κ1) is 21.1. The summed E-state index contributed by atoms with van der Waals surface area (Å²) < 4.78 is 26.9. The maximum Gasteiger partial charge on any atom is 0.294 e. The fraction of sp³-hybridized carbons (Fsp3) is 0.158. The van der Waals surface area contributed by atoms with Crippen LogP contribution in [0.3, 0.4) is 0 Å². The number of imidazole rings is 1. The van der Waals surface area contributed by atoms with Crippen LogP contribution in [-0.2, 0) is 22.3 Å². The van der Waals surface area contributed by atoms with Crippen LogP contribution in [0, 0.1) is 10.1 Å². The van der Waals surface area contributed by atoms with Gasteiger partial charge in [-0.15, -0.1) is 0 Å². The molecular formula is C19H19N5O5S. The van der Waals surface area contributed by atoms with Gasteiger partial charge in [-0.2, -0.15) is 0 Å². The first-order chi connectivity index (χ1) is 14.3. The minimum atomic E-state index is -3.36. The Morgan fingerprint density at radius 2 is 1.87 bits per heavy atom. The van der Waals surface area contributed by atoms with Crippen molar-refractivity contribution in [3.63, 3.8) is 0 Å². The maximum atomic E-state index is 12.4. The van der Waals surface area contributed by atoms with Crippen molar-refractivity contribution in [1.29, 1.82) is 0 Å². The van der Waals surface area contributed by atoms with E-state index in [0.29, 0.717) is 11.3 Å². The fourth-order valence-corrected chi connectivity index (χ4v) is 3.54. The fourth-order valence-electron chi connectivity index (χ4n) is 2.76. The molecule has 0 saturated heterocycles. The summed E-state index contributed by atoms with van der Waals surface area (Å²) in [5.41, 5.74) is 1.63. The van der Waals surface area contributed by atoms with Gasteiger partial charge in [0.1, 0.15) is 5.69 Å². The Hall–Kier alpha value is -3.57. The summed E-state index contributed by atoms with van der Waals surface area (Å²) in [6.07, 6.45) is 4.52. The molecule has 0 fully saturated rings. The minimum Gasteiger partial charge on any atom is -0.348 e. The van der Waals surface area contributed by atoms with Crippen molar-refractivity contribution in [3.8, 4) is 5.69 Å². The van der Waals surface area contributed by atoms with Crippen LogP contribution in [0.5, 0.6) is 0 Å². The zero-order valence-corrected chi connectivity index (χ0v) is 16.8. The van der Waals surface area contributed by atoms with Crippen molar-refractivity contribution < 1.29 is 18.1 Å². The van der Waals surface area contributed by atoms with Crippen LogP contribution in [0.4, 0.5) is 5.69 Å². The second-order valence-corrected chi connectivity index (χ2v) is 8.32. The number of nitro groups is 1. The number of rotatable bonds is 8. The highest BCUT2D eigenvalue weighted by Crippen LogP contribution is 2.24. The molecule has 0 spiro atoms. The standard InChI is InChI=1S/C19H19N5O5S/c1-20-30(28,29)12-15-4-2-14(3-5-15)11-22-19(25)16-6-7-17(18(10-16)24(26)27)23-9-8-21-13-23/h2-10,13,20H,11-12H2,1H3,(H,22,25). The number of hydrogen-bond donors (Lipinski definition) is 2. The number of hydrogen-bond acceptors (Lipinski definition) is 6. The summed E-state index contributed by atoms with van der Waals surface area (Å²) in [6.45, 7) is 0.189. The van der Waals surface area contributed by atoms with Crippen LogP contribution in [0.1, 0.15) is 21.5 Å². The zero-order valence-electron chi connectivity index (χ0n) is 16.0. The molecule has 2 aromatic carbocycles. The molecular weight excluding hydrogens is 410 g/mol. The van der Waals surface area contributed by atoms with Crippen molar-refractivity contribution >= 4 is 21.6 Å². The number of sulfonamides is 1. The molecule has 0 saturated carbocycles. The number of nitrogens with zero attached hydrogens (tertiary/aromatic N) is 3. The van der Waals surface area contributed by atoms with E-state index in [2.05, 4.69) is 15.0 Å². The lowest BCUT2D eigenvalue weighted by atomic mass is 10.1. The molecule has 0 aliphatic heterocycles. The van der Waals surface area contributed by atoms with Crippen molar-refractivity contribution in [1.82, 2.24) is 19.6 Å². The number of nitrogens with one attached hydrogen (secondary N) is 2. The van der Waals surface area contributed by atoms with Crippen LogP contribution in [0.2, 0.25) is 0 Å². The Labute approximate surface area is 172 Å². The van der Waals surface area contributed by atoms with Gasteiger partial charge in [-0.05, 0) is 30.3 Å². The Balaban J connectivity index is 1.69. The van der Waals surface area contributed by atoms with Crippen molar-refractivity contribution in [2.24, 2.45) is 0 Å². The lowest BCUT2D eigenvalue weighted by Crippen LogP contribution is -2.23. The van der Waals surface area contributed by atoms with E-state index in [1.54, 1.807) is 30.5 Å². The average molecular weight is 429 g/mol. The lowest BCUT2D eigenvalue weighted by molar-refractivity contribution is -0.384. The molecule has 0 aliphatic carbocycles. The van der Waals surface area contributed by atoms with E-state index < -0.39 is 20.9 Å². The van der Waals surface area contributed by atoms with Gasteiger partial charge in [-0.25, -0.2) is 18.1 Å². The summed E-state index contributed by atoms with van der Waals surface area (Å²) in [6, 6.07) is 11.0. The molecule has 3 rings (SSSR count). The minimum absolute atomic E-state index is 0.136. The highest BCUT2D eigenvalue weighted by atomic mass is 32.2. The average Bonchev–Trinajstić information content (AvgIpc) is 3.27. The van der Waals surface area contributed by atoms with E-state index in [0.717, 1.165) is 5.56 Å². The topological polar surface area (TPSA) is 136 Å². The second-order valence-electron chi connectivity index (χ2n) is 6.39. The van der Waals surface area contributed by atoms with Crippen molar-refractivity contribution in [2.75, 3.05) is 7.05 Å². The molecule has 30 heavy (non-hydrogen) atoms. The highest BCUT2D eigenvalue weighted by molar-refractivity contribution is 7.88. The lowest BCUT2D eigenvalue weighted by Gasteiger charge is -2.09. The van der Waals surface area contributed by atoms with E-state index in [9.17, 15) is 23.3 Å². The van der Waals surface area contributed by atoms with E-state index in [1.165, 1.54) is 42.3 Å². The predicted octanol–water partition coefficient (Wildman–Crippen LogP) is 1.76. The van der Waals surface area contributed by atoms with Gasteiger partial charge in [-0.1, -0.05) is 24.3 Å².